The van der Waals surface area contributed by atoms with E-state index < -0.39 is 0 Å². The molecule has 4 heteroatoms. The van der Waals surface area contributed by atoms with Gasteiger partial charge in [0.2, 0.25) is 0 Å². The molecule has 0 saturated carbocycles. The van der Waals surface area contributed by atoms with Gasteiger partial charge in [-0.25, -0.2) is 0 Å². The highest BCUT2D eigenvalue weighted by molar-refractivity contribution is 5.71. The van der Waals surface area contributed by atoms with Crippen molar-refractivity contribution >= 4 is 5.97 Å². The summed E-state index contributed by atoms with van der Waals surface area (Å²) in [6.45, 7) is 7.04. The van der Waals surface area contributed by atoms with Crippen molar-refractivity contribution in [1.82, 2.24) is 4.90 Å². The Morgan fingerprint density at radius 2 is 2.35 bits per heavy atom. The third-order valence-electron chi connectivity index (χ3n) is 3.40. The number of hydrogen-bond acceptors (Lipinski definition) is 4. The number of piperidine rings is 1. The molecular weight excluding hydrogens is 216 g/mol. The highest BCUT2D eigenvalue weighted by atomic mass is 16.5. The molecule has 2 unspecified atom stereocenters. The number of carbonyl (C=O) groups excluding carboxylic acids is 1. The maximum Gasteiger partial charge on any atom is 0.320 e. The van der Waals surface area contributed by atoms with E-state index in [2.05, 4.69) is 11.8 Å². The number of ether oxygens (including phenoxy) is 1. The second kappa shape index (κ2) is 7.67. The SMILES string of the molecule is CCCCOC(=O)CN1CCCC(C(C)N)C1. The van der Waals surface area contributed by atoms with Crippen LogP contribution in [0.3, 0.4) is 0 Å². The van der Waals surface area contributed by atoms with Crippen LogP contribution in [-0.4, -0.2) is 43.2 Å². The molecular formula is C13H26N2O2. The van der Waals surface area contributed by atoms with E-state index in [9.17, 15) is 4.79 Å². The lowest BCUT2D eigenvalue weighted by Gasteiger charge is -2.33. The topological polar surface area (TPSA) is 55.6 Å². The van der Waals surface area contributed by atoms with Crippen LogP contribution in [0, 0.1) is 5.92 Å². The number of rotatable bonds is 6. The minimum Gasteiger partial charge on any atom is -0.465 e. The Hall–Kier alpha value is -0.610. The Labute approximate surface area is 104 Å². The number of likely N-dealkylation sites (tertiary alicyclic amines) is 1. The van der Waals surface area contributed by atoms with Crippen LogP contribution < -0.4 is 5.73 Å². The molecule has 4 nitrogen and oxygen atoms in total. The van der Waals surface area contributed by atoms with Crippen molar-refractivity contribution in [1.29, 1.82) is 0 Å². The molecule has 100 valence electrons. The second-order valence-corrected chi connectivity index (χ2v) is 5.07. The van der Waals surface area contributed by atoms with Crippen LogP contribution in [0.2, 0.25) is 0 Å². The lowest BCUT2D eigenvalue weighted by atomic mass is 9.92. The first-order valence-corrected chi connectivity index (χ1v) is 6.77. The van der Waals surface area contributed by atoms with Gasteiger partial charge >= 0.3 is 5.97 Å². The monoisotopic (exact) mass is 242 g/mol. The van der Waals surface area contributed by atoms with Gasteiger partial charge in [-0.15, -0.1) is 0 Å². The fourth-order valence-electron chi connectivity index (χ4n) is 2.22. The quantitative estimate of drug-likeness (QED) is 0.565. The summed E-state index contributed by atoms with van der Waals surface area (Å²) in [5.41, 5.74) is 5.92. The van der Waals surface area contributed by atoms with Crippen LogP contribution in [0.5, 0.6) is 0 Å². The first kappa shape index (κ1) is 14.5. The molecule has 1 aliphatic rings. The Bertz CT molecular complexity index is 231. The molecule has 1 aliphatic heterocycles. The van der Waals surface area contributed by atoms with Crippen molar-refractivity contribution in [2.24, 2.45) is 11.7 Å². The van der Waals surface area contributed by atoms with Gasteiger partial charge < -0.3 is 10.5 Å². The molecule has 0 aliphatic carbocycles. The summed E-state index contributed by atoms with van der Waals surface area (Å²) in [7, 11) is 0. The van der Waals surface area contributed by atoms with E-state index in [0.717, 1.165) is 32.4 Å². The molecule has 2 atom stereocenters. The Morgan fingerprint density at radius 1 is 1.59 bits per heavy atom. The van der Waals surface area contributed by atoms with E-state index in [1.165, 1.54) is 6.42 Å². The van der Waals surface area contributed by atoms with Crippen molar-refractivity contribution in [3.05, 3.63) is 0 Å². The number of carbonyl (C=O) groups is 1. The summed E-state index contributed by atoms with van der Waals surface area (Å²) >= 11 is 0. The second-order valence-electron chi connectivity index (χ2n) is 5.07. The van der Waals surface area contributed by atoms with Gasteiger partial charge in [-0.1, -0.05) is 13.3 Å². The average molecular weight is 242 g/mol. The summed E-state index contributed by atoms with van der Waals surface area (Å²) in [4.78, 5) is 13.7. The molecule has 1 saturated heterocycles. The highest BCUT2D eigenvalue weighted by Crippen LogP contribution is 2.18. The van der Waals surface area contributed by atoms with Crippen LogP contribution in [0.1, 0.15) is 39.5 Å². The van der Waals surface area contributed by atoms with Gasteiger partial charge in [0.1, 0.15) is 0 Å². The molecule has 0 amide bonds. The third kappa shape index (κ3) is 5.50. The number of unbranched alkanes of at least 4 members (excludes halogenated alkanes) is 1. The van der Waals surface area contributed by atoms with Gasteiger partial charge in [0.05, 0.1) is 13.2 Å². The molecule has 1 heterocycles. The maximum atomic E-state index is 11.6. The Balaban J connectivity index is 2.23. The summed E-state index contributed by atoms with van der Waals surface area (Å²) in [6, 6.07) is 0.217. The Morgan fingerprint density at radius 3 is 3.00 bits per heavy atom. The van der Waals surface area contributed by atoms with E-state index >= 15 is 0 Å². The molecule has 0 spiro atoms. The van der Waals surface area contributed by atoms with Gasteiger partial charge in [-0.3, -0.25) is 9.69 Å². The van der Waals surface area contributed by atoms with Crippen molar-refractivity contribution in [2.45, 2.75) is 45.6 Å². The molecule has 0 bridgehead atoms. The van der Waals surface area contributed by atoms with Crippen molar-refractivity contribution in [3.8, 4) is 0 Å². The molecule has 0 aromatic heterocycles. The molecule has 1 fully saturated rings. The lowest BCUT2D eigenvalue weighted by Crippen LogP contribution is -2.44. The van der Waals surface area contributed by atoms with Gasteiger partial charge in [0.15, 0.2) is 0 Å². The molecule has 17 heavy (non-hydrogen) atoms. The number of nitrogens with two attached hydrogens (primary N) is 1. The lowest BCUT2D eigenvalue weighted by molar-refractivity contribution is -0.145. The fourth-order valence-corrected chi connectivity index (χ4v) is 2.22. The fraction of sp³-hybridized carbons (Fsp3) is 0.923. The summed E-state index contributed by atoms with van der Waals surface area (Å²) in [6.07, 6.45) is 4.32. The van der Waals surface area contributed by atoms with Gasteiger partial charge in [-0.2, -0.15) is 0 Å². The predicted molar refractivity (Wildman–Crippen MR) is 68.7 cm³/mol. The van der Waals surface area contributed by atoms with E-state index in [1.807, 2.05) is 6.92 Å². The minimum absolute atomic E-state index is 0.0937. The van der Waals surface area contributed by atoms with Crippen LogP contribution in [0.25, 0.3) is 0 Å². The maximum absolute atomic E-state index is 11.6. The smallest absolute Gasteiger partial charge is 0.320 e. The first-order chi connectivity index (χ1) is 8.13. The summed E-state index contributed by atoms with van der Waals surface area (Å²) in [5, 5.41) is 0. The Kier molecular flexibility index (Phi) is 6.52. The molecule has 0 aromatic rings. The van der Waals surface area contributed by atoms with Crippen molar-refractivity contribution in [2.75, 3.05) is 26.2 Å². The van der Waals surface area contributed by atoms with E-state index in [4.69, 9.17) is 10.5 Å². The summed E-state index contributed by atoms with van der Waals surface area (Å²) < 4.78 is 5.17. The number of esters is 1. The zero-order valence-electron chi connectivity index (χ0n) is 11.2. The minimum atomic E-state index is -0.0937. The van der Waals surface area contributed by atoms with Gasteiger partial charge in [-0.05, 0) is 38.6 Å². The van der Waals surface area contributed by atoms with Crippen LogP contribution in [0.4, 0.5) is 0 Å². The third-order valence-corrected chi connectivity index (χ3v) is 3.40. The van der Waals surface area contributed by atoms with Crippen LogP contribution >= 0.6 is 0 Å². The predicted octanol–water partition coefficient (Wildman–Crippen LogP) is 1.39. The van der Waals surface area contributed by atoms with Gasteiger partial charge in [0.25, 0.3) is 0 Å². The number of hydrogen-bond donors (Lipinski definition) is 1. The van der Waals surface area contributed by atoms with Crippen molar-refractivity contribution < 1.29 is 9.53 Å². The van der Waals surface area contributed by atoms with E-state index in [1.54, 1.807) is 0 Å². The largest absolute Gasteiger partial charge is 0.465 e. The van der Waals surface area contributed by atoms with Gasteiger partial charge in [0, 0.05) is 12.6 Å². The van der Waals surface area contributed by atoms with Crippen LogP contribution in [0.15, 0.2) is 0 Å². The molecule has 2 N–H and O–H groups in total. The highest BCUT2D eigenvalue weighted by Gasteiger charge is 2.24. The van der Waals surface area contributed by atoms with Crippen molar-refractivity contribution in [3.63, 3.8) is 0 Å². The zero-order chi connectivity index (χ0) is 12.7. The zero-order valence-corrected chi connectivity index (χ0v) is 11.2. The first-order valence-electron chi connectivity index (χ1n) is 6.77. The van der Waals surface area contributed by atoms with E-state index in [0.29, 0.717) is 19.1 Å². The standard InChI is InChI=1S/C13H26N2O2/c1-3-4-8-17-13(16)10-15-7-5-6-12(9-15)11(2)14/h11-12H,3-10,14H2,1-2H3. The number of nitrogens with zero attached hydrogens (tertiary/aromatic N) is 1. The molecule has 0 aromatic carbocycles. The molecule has 1 rings (SSSR count). The van der Waals surface area contributed by atoms with Crippen LogP contribution in [-0.2, 0) is 9.53 Å². The van der Waals surface area contributed by atoms with E-state index in [-0.39, 0.29) is 12.0 Å². The summed E-state index contributed by atoms with van der Waals surface area (Å²) in [5.74, 6) is 0.427. The average Bonchev–Trinajstić information content (AvgIpc) is 2.29. The normalized spacial score (nSPS) is 23.4. The molecule has 0 radical (unpaired) electrons.